The van der Waals surface area contributed by atoms with E-state index >= 15 is 4.39 Å². The summed E-state index contributed by atoms with van der Waals surface area (Å²) in [6.07, 6.45) is -10.1. The third-order valence-corrected chi connectivity index (χ3v) is 10.4. The highest BCUT2D eigenvalue weighted by atomic mass is 35.5. The van der Waals surface area contributed by atoms with Gasteiger partial charge in [-0.2, -0.15) is 18.3 Å². The Morgan fingerprint density at radius 1 is 1.22 bits per heavy atom. The smallest absolute Gasteiger partial charge is 0.411 e. The number of hydrazone groups is 1. The van der Waals surface area contributed by atoms with Crippen LogP contribution >= 0.6 is 22.9 Å². The lowest BCUT2D eigenvalue weighted by Crippen LogP contribution is -2.49. The van der Waals surface area contributed by atoms with E-state index in [1.165, 1.54) is 41.7 Å². The molecule has 1 aliphatic carbocycles. The van der Waals surface area contributed by atoms with E-state index in [9.17, 15) is 31.5 Å². The molecule has 2 aliphatic rings. The summed E-state index contributed by atoms with van der Waals surface area (Å²) < 4.78 is 90.5. The number of nitrogens with zero attached hydrogens (tertiary/aromatic N) is 5. The topological polar surface area (TPSA) is 135 Å². The maximum atomic E-state index is 16.3. The fraction of sp³-hybridized carbons (Fsp3) is 0.429. The first kappa shape index (κ1) is 40.5. The summed E-state index contributed by atoms with van der Waals surface area (Å²) in [5.74, 6) is -3.03. The average molecular weight is 799 g/mol. The first-order chi connectivity index (χ1) is 25.2. The molecule has 54 heavy (non-hydrogen) atoms. The summed E-state index contributed by atoms with van der Waals surface area (Å²) in [6, 6.07) is 6.65. The number of hydrogen-bond acceptors (Lipinski definition) is 8. The van der Waals surface area contributed by atoms with E-state index in [4.69, 9.17) is 21.7 Å². The zero-order valence-electron chi connectivity index (χ0n) is 29.7. The van der Waals surface area contributed by atoms with Crippen LogP contribution in [0, 0.1) is 23.6 Å². The van der Waals surface area contributed by atoms with Gasteiger partial charge in [0.05, 0.1) is 32.8 Å². The summed E-state index contributed by atoms with van der Waals surface area (Å²) in [6.45, 7) is 9.69. The number of alkyl carbamates (subject to hydrolysis) is 1. The lowest BCUT2D eigenvalue weighted by Gasteiger charge is -2.35. The van der Waals surface area contributed by atoms with E-state index in [1.807, 2.05) is 5.32 Å². The van der Waals surface area contributed by atoms with Crippen LogP contribution in [0.3, 0.4) is 0 Å². The van der Waals surface area contributed by atoms with E-state index in [1.54, 1.807) is 39.3 Å². The summed E-state index contributed by atoms with van der Waals surface area (Å²) >= 11 is 7.71. The van der Waals surface area contributed by atoms with Crippen LogP contribution in [-0.2, 0) is 15.1 Å². The van der Waals surface area contributed by atoms with Crippen LogP contribution in [0.4, 0.5) is 36.8 Å². The van der Waals surface area contributed by atoms with Crippen LogP contribution in [0.5, 0.6) is 0 Å². The molecule has 1 saturated carbocycles. The molecule has 1 saturated heterocycles. The van der Waals surface area contributed by atoms with Crippen molar-refractivity contribution in [2.75, 3.05) is 18.7 Å². The van der Waals surface area contributed by atoms with Gasteiger partial charge in [0.25, 0.3) is 12.3 Å². The Morgan fingerprint density at radius 2 is 1.91 bits per heavy atom. The average Bonchev–Trinajstić information content (AvgIpc) is 3.68. The molecule has 2 fully saturated rings. The van der Waals surface area contributed by atoms with Crippen molar-refractivity contribution in [3.8, 4) is 10.4 Å². The van der Waals surface area contributed by atoms with E-state index in [-0.39, 0.29) is 41.1 Å². The fourth-order valence-corrected chi connectivity index (χ4v) is 7.46. The number of halogens is 7. The number of carbonyl (C=O) groups is 2. The van der Waals surface area contributed by atoms with E-state index in [0.717, 1.165) is 11.9 Å². The van der Waals surface area contributed by atoms with Gasteiger partial charge in [-0.25, -0.2) is 28.0 Å². The van der Waals surface area contributed by atoms with Crippen molar-refractivity contribution >= 4 is 59.1 Å². The van der Waals surface area contributed by atoms with Gasteiger partial charge in [-0.3, -0.25) is 20.1 Å². The number of aliphatic imine (C=N–C) groups is 1. The zero-order valence-corrected chi connectivity index (χ0v) is 31.3. The van der Waals surface area contributed by atoms with E-state index in [2.05, 4.69) is 27.1 Å². The van der Waals surface area contributed by atoms with Crippen LogP contribution in [0.15, 0.2) is 52.0 Å². The maximum absolute atomic E-state index is 16.3. The number of aromatic nitrogens is 1. The lowest BCUT2D eigenvalue weighted by atomic mass is 9.75. The molecule has 1 aromatic heterocycles. The maximum Gasteiger partial charge on any atom is 0.411 e. The SMILES string of the molecule is C=NN(/C(=N\C)C(F)F)c1cc([C@@H](COC(=O)NC2(C(F)(F)F)CC2)N2C(=N)N[C@](CC(C)(C)C)(c3ccc(-c4scnc4C)cc3F)C2=O)ccc1Cl. The molecule has 0 radical (unpaired) electrons. The summed E-state index contributed by atoms with van der Waals surface area (Å²) in [5, 5.41) is 17.9. The Bertz CT molecular complexity index is 2000. The van der Waals surface area contributed by atoms with Gasteiger partial charge in [0.2, 0.25) is 0 Å². The number of hydrogen-bond donors (Lipinski definition) is 3. The molecule has 3 aromatic rings. The number of rotatable bonds is 11. The fourth-order valence-electron chi connectivity index (χ4n) is 6.46. The Hall–Kier alpha value is -4.71. The normalized spacial score (nSPS) is 19.1. The van der Waals surface area contributed by atoms with Crippen LogP contribution < -0.4 is 15.6 Å². The minimum atomic E-state index is -4.76. The number of carbonyl (C=O) groups excluding carboxylic acids is 2. The van der Waals surface area contributed by atoms with Crippen molar-refractivity contribution in [2.24, 2.45) is 15.5 Å². The van der Waals surface area contributed by atoms with Gasteiger partial charge in [0, 0.05) is 19.3 Å². The second kappa shape index (κ2) is 14.8. The molecule has 2 atom stereocenters. The van der Waals surface area contributed by atoms with Crippen molar-refractivity contribution in [3.63, 3.8) is 0 Å². The first-order valence-electron chi connectivity index (χ1n) is 16.4. The van der Waals surface area contributed by atoms with Gasteiger partial charge in [0.15, 0.2) is 11.8 Å². The van der Waals surface area contributed by atoms with Gasteiger partial charge >= 0.3 is 12.3 Å². The molecule has 19 heteroatoms. The van der Waals surface area contributed by atoms with Crippen molar-refractivity contribution in [1.82, 2.24) is 20.5 Å². The van der Waals surface area contributed by atoms with Crippen LogP contribution in [0.25, 0.3) is 10.4 Å². The Labute approximate surface area is 315 Å². The zero-order chi connectivity index (χ0) is 40.0. The number of anilines is 1. The molecule has 2 amide bonds. The third-order valence-electron chi connectivity index (χ3n) is 9.07. The Kier molecular flexibility index (Phi) is 11.1. The first-order valence-corrected chi connectivity index (χ1v) is 17.7. The number of benzene rings is 2. The number of alkyl halides is 5. The van der Waals surface area contributed by atoms with Crippen molar-refractivity contribution in [3.05, 3.63) is 69.6 Å². The molecular weight excluding hydrogens is 762 g/mol. The van der Waals surface area contributed by atoms with Crippen molar-refractivity contribution < 1.29 is 40.7 Å². The molecule has 2 aromatic carbocycles. The van der Waals surface area contributed by atoms with Crippen molar-refractivity contribution in [1.29, 1.82) is 5.41 Å². The molecular formula is C35H37ClF6N8O3S. The molecule has 3 N–H and O–H groups in total. The Balaban J connectivity index is 1.61. The van der Waals surface area contributed by atoms with Gasteiger partial charge in [-0.05, 0) is 60.9 Å². The number of guanidine groups is 1. The second-order valence-electron chi connectivity index (χ2n) is 14.1. The largest absolute Gasteiger partial charge is 0.447 e. The monoisotopic (exact) mass is 798 g/mol. The van der Waals surface area contributed by atoms with E-state index < -0.39 is 71.4 Å². The van der Waals surface area contributed by atoms with E-state index in [0.29, 0.717) is 21.1 Å². The van der Waals surface area contributed by atoms with Gasteiger partial charge < -0.3 is 15.4 Å². The molecule has 290 valence electrons. The standard InChI is InChI=1S/C35H37ClF6N8O3S/c1-18-26(54-17-46-18)20-7-9-21(23(37)13-20)34(16-32(2,3)4)29(51)49(30(43)47-34)25(15-53-31(52)48-33(11-12-33)35(40,41)42)19-8-10-22(36)24(14-19)50(45-6)28(44-5)27(38)39/h7-10,13-14,17,25,27H,6,11-12,15-16H2,1-5H3,(H2,43,47)(H,48,52)/b44-28-/t25-,34-/m1/s1. The Morgan fingerprint density at radius 3 is 2.43 bits per heavy atom. The van der Waals surface area contributed by atoms with Crippen LogP contribution in [0.1, 0.15) is 62.9 Å². The molecule has 5 rings (SSSR count). The highest BCUT2D eigenvalue weighted by Gasteiger charge is 2.65. The minimum Gasteiger partial charge on any atom is -0.447 e. The predicted octanol–water partition coefficient (Wildman–Crippen LogP) is 8.19. The predicted molar refractivity (Wildman–Crippen MR) is 194 cm³/mol. The molecule has 0 bridgehead atoms. The number of nitrogens with one attached hydrogen (secondary N) is 3. The number of ether oxygens (including phenoxy) is 1. The summed E-state index contributed by atoms with van der Waals surface area (Å²) in [4.78, 5) is 37.2. The molecule has 0 unspecified atom stereocenters. The number of amidine groups is 1. The number of aryl methyl sites for hydroxylation is 1. The van der Waals surface area contributed by atoms with Gasteiger partial charge in [-0.15, -0.1) is 11.3 Å². The molecule has 0 spiro atoms. The van der Waals surface area contributed by atoms with Crippen LogP contribution in [0.2, 0.25) is 5.02 Å². The summed E-state index contributed by atoms with van der Waals surface area (Å²) in [7, 11) is 1.09. The second-order valence-corrected chi connectivity index (χ2v) is 15.4. The molecule has 2 heterocycles. The quantitative estimate of drug-likeness (QED) is 0.0776. The van der Waals surface area contributed by atoms with Crippen molar-refractivity contribution in [2.45, 2.75) is 76.7 Å². The van der Waals surface area contributed by atoms with Gasteiger partial charge in [0.1, 0.15) is 23.5 Å². The minimum absolute atomic E-state index is 0.0282. The number of thiazole rings is 1. The highest BCUT2D eigenvalue weighted by Crippen LogP contribution is 2.49. The van der Waals surface area contributed by atoms with Gasteiger partial charge in [-0.1, -0.05) is 50.6 Å². The molecule has 11 nitrogen and oxygen atoms in total. The molecule has 1 aliphatic heterocycles. The summed E-state index contributed by atoms with van der Waals surface area (Å²) in [5.41, 5.74) is -2.52. The van der Waals surface area contributed by atoms with Crippen LogP contribution in [-0.4, -0.2) is 72.2 Å². The number of amides is 2. The third kappa shape index (κ3) is 7.76. The lowest BCUT2D eigenvalue weighted by molar-refractivity contribution is -0.164. The highest BCUT2D eigenvalue weighted by molar-refractivity contribution is 7.13.